The number of rotatable bonds is 5. The molecule has 2 saturated heterocycles. The zero-order valence-corrected chi connectivity index (χ0v) is 27.2. The topological polar surface area (TPSA) is 116 Å². The van der Waals surface area contributed by atoms with Gasteiger partial charge >= 0.3 is 0 Å². The summed E-state index contributed by atoms with van der Waals surface area (Å²) in [4.78, 5) is 59.2. The Balaban J connectivity index is 1.47. The van der Waals surface area contributed by atoms with E-state index in [1.54, 1.807) is 12.1 Å². The molecule has 0 spiro atoms. The molecule has 0 bridgehead atoms. The smallest absolute Gasteiger partial charge is 0.260 e. The first-order valence-electron chi connectivity index (χ1n) is 16.1. The van der Waals surface area contributed by atoms with E-state index in [2.05, 4.69) is 5.43 Å². The molecule has 2 aliphatic heterocycles. The number of carbonyl (C=O) groups is 4. The second-order valence-electron chi connectivity index (χ2n) is 14.2. The van der Waals surface area contributed by atoms with E-state index >= 15 is 4.79 Å². The number of carbonyl (C=O) groups excluding carboxylic acids is 4. The minimum absolute atomic E-state index is 0.0520. The molecule has 7 rings (SSSR count). The molecule has 47 heavy (non-hydrogen) atoms. The third kappa shape index (κ3) is 4.42. The van der Waals surface area contributed by atoms with Crippen LogP contribution in [0.2, 0.25) is 0 Å². The van der Waals surface area contributed by atoms with Crippen molar-refractivity contribution >= 4 is 29.3 Å². The van der Waals surface area contributed by atoms with Gasteiger partial charge in [0, 0.05) is 17.0 Å². The minimum atomic E-state index is -1.47. The Morgan fingerprint density at radius 1 is 0.894 bits per heavy atom. The Bertz CT molecular complexity index is 1830. The third-order valence-corrected chi connectivity index (χ3v) is 10.6. The highest BCUT2D eigenvalue weighted by atomic mass is 16.5. The molecular formula is C38H39N3O6. The fourth-order valence-electron chi connectivity index (χ4n) is 8.64. The van der Waals surface area contributed by atoms with Gasteiger partial charge in [-0.25, -0.2) is 0 Å². The number of benzene rings is 3. The maximum absolute atomic E-state index is 15.2. The molecule has 3 aromatic carbocycles. The van der Waals surface area contributed by atoms with E-state index in [1.165, 1.54) is 18.1 Å². The molecule has 2 N–H and O–H groups in total. The third-order valence-electron chi connectivity index (χ3n) is 10.6. The molecule has 2 aliphatic carbocycles. The molecule has 3 fully saturated rings. The molecule has 0 aromatic heterocycles. The number of hydrogen-bond donors (Lipinski definition) is 2. The number of aryl methyl sites for hydroxylation is 1. The SMILES string of the molecule is COc1ccc(O)c(C2C3=CCC4C(=O)N(C(C)(C)C)C(=O)C4C3CC3C(=O)N(Nc4ccc(C)cc4)C(=O)C32c2ccccc2)c1. The number of phenols is 1. The Morgan fingerprint density at radius 3 is 2.26 bits per heavy atom. The van der Waals surface area contributed by atoms with Gasteiger partial charge in [0.2, 0.25) is 11.8 Å². The highest BCUT2D eigenvalue weighted by molar-refractivity contribution is 6.13. The molecule has 242 valence electrons. The van der Waals surface area contributed by atoms with E-state index in [0.717, 1.165) is 16.1 Å². The van der Waals surface area contributed by atoms with Gasteiger partial charge in [-0.3, -0.25) is 29.5 Å². The number of phenolic OH excluding ortho intramolecular Hbond substituents is 1. The van der Waals surface area contributed by atoms with Gasteiger partial charge in [-0.05, 0) is 82.3 Å². The van der Waals surface area contributed by atoms with Crippen molar-refractivity contribution in [3.63, 3.8) is 0 Å². The summed E-state index contributed by atoms with van der Waals surface area (Å²) in [6, 6.07) is 21.6. The summed E-state index contributed by atoms with van der Waals surface area (Å²) in [5.74, 6) is -4.40. The summed E-state index contributed by atoms with van der Waals surface area (Å²) in [5.41, 5.74) is 4.36. The van der Waals surface area contributed by atoms with E-state index in [-0.39, 0.29) is 24.0 Å². The van der Waals surface area contributed by atoms with Crippen molar-refractivity contribution in [1.82, 2.24) is 9.91 Å². The molecule has 4 aliphatic rings. The van der Waals surface area contributed by atoms with Crippen LogP contribution in [0.3, 0.4) is 0 Å². The Morgan fingerprint density at radius 2 is 1.60 bits per heavy atom. The van der Waals surface area contributed by atoms with Crippen molar-refractivity contribution in [1.29, 1.82) is 0 Å². The number of allylic oxidation sites excluding steroid dienone is 2. The number of amides is 4. The van der Waals surface area contributed by atoms with Crippen molar-refractivity contribution in [2.45, 2.75) is 57.4 Å². The molecule has 9 heteroatoms. The predicted octanol–water partition coefficient (Wildman–Crippen LogP) is 5.49. The van der Waals surface area contributed by atoms with Crippen molar-refractivity contribution in [2.75, 3.05) is 12.5 Å². The van der Waals surface area contributed by atoms with Crippen LogP contribution < -0.4 is 10.2 Å². The number of imide groups is 2. The molecule has 0 radical (unpaired) electrons. The number of anilines is 1. The number of nitrogens with one attached hydrogen (secondary N) is 1. The van der Waals surface area contributed by atoms with Crippen LogP contribution in [0, 0.1) is 30.6 Å². The fourth-order valence-corrected chi connectivity index (χ4v) is 8.64. The highest BCUT2D eigenvalue weighted by Gasteiger charge is 2.71. The van der Waals surface area contributed by atoms with E-state index < -0.39 is 52.4 Å². The number of hydrogen-bond acceptors (Lipinski definition) is 7. The second kappa shape index (κ2) is 10.8. The van der Waals surface area contributed by atoms with Gasteiger partial charge in [-0.15, -0.1) is 0 Å². The normalized spacial score (nSPS) is 28.5. The van der Waals surface area contributed by atoms with Crippen molar-refractivity contribution in [2.24, 2.45) is 23.7 Å². The van der Waals surface area contributed by atoms with E-state index in [1.807, 2.05) is 88.4 Å². The van der Waals surface area contributed by atoms with Crippen LogP contribution in [0.5, 0.6) is 11.5 Å². The Labute approximate surface area is 274 Å². The lowest BCUT2D eigenvalue weighted by molar-refractivity contribution is -0.146. The summed E-state index contributed by atoms with van der Waals surface area (Å²) >= 11 is 0. The zero-order valence-electron chi connectivity index (χ0n) is 27.2. The standard InChI is InChI=1S/C38H39N3O6/c1-21-11-13-23(14-12-21)39-41-34(44)29-20-27-25(16-17-26-31(27)35(45)40(33(26)43)37(2,3)4)32(28-19-24(47-5)15-18-30(28)42)38(29,36(41)46)22-9-7-6-8-10-22/h6-16,18-19,26-27,29,31-32,39,42H,17,20H2,1-5H3. The van der Waals surface area contributed by atoms with E-state index in [0.29, 0.717) is 29.0 Å². The molecule has 6 atom stereocenters. The van der Waals surface area contributed by atoms with Gasteiger partial charge in [0.1, 0.15) is 11.5 Å². The largest absolute Gasteiger partial charge is 0.508 e. The number of likely N-dealkylation sites (tertiary alicyclic amines) is 1. The van der Waals surface area contributed by atoms with Crippen molar-refractivity contribution in [3.05, 3.63) is 101 Å². The first kappa shape index (κ1) is 30.7. The van der Waals surface area contributed by atoms with Crippen molar-refractivity contribution in [3.8, 4) is 11.5 Å². The lowest BCUT2D eigenvalue weighted by Crippen LogP contribution is -2.53. The minimum Gasteiger partial charge on any atom is -0.508 e. The molecule has 2 heterocycles. The number of hydrazine groups is 1. The molecule has 9 nitrogen and oxygen atoms in total. The molecular weight excluding hydrogens is 594 g/mol. The van der Waals surface area contributed by atoms with E-state index in [4.69, 9.17) is 4.74 Å². The highest BCUT2D eigenvalue weighted by Crippen LogP contribution is 2.65. The maximum Gasteiger partial charge on any atom is 0.260 e. The van der Waals surface area contributed by atoms with E-state index in [9.17, 15) is 19.5 Å². The van der Waals surface area contributed by atoms with Crippen molar-refractivity contribution < 1.29 is 29.0 Å². The summed E-state index contributed by atoms with van der Waals surface area (Å²) in [6.07, 6.45) is 2.50. The van der Waals surface area contributed by atoms with Gasteiger partial charge in [0.05, 0.1) is 36.0 Å². The number of nitrogens with zero attached hydrogens (tertiary/aromatic N) is 2. The van der Waals surface area contributed by atoms with Crippen LogP contribution in [0.4, 0.5) is 5.69 Å². The number of fused-ring (bicyclic) bond motifs is 4. The van der Waals surface area contributed by atoms with Gasteiger partial charge in [-0.1, -0.05) is 59.7 Å². The molecule has 6 unspecified atom stereocenters. The average molecular weight is 634 g/mol. The average Bonchev–Trinajstić information content (AvgIpc) is 3.44. The Hall–Kier alpha value is -4.92. The summed E-state index contributed by atoms with van der Waals surface area (Å²) in [7, 11) is 1.53. The summed E-state index contributed by atoms with van der Waals surface area (Å²) in [6.45, 7) is 7.50. The first-order chi connectivity index (χ1) is 22.4. The lowest BCUT2D eigenvalue weighted by Gasteiger charge is -2.50. The van der Waals surface area contributed by atoms with Crippen LogP contribution >= 0.6 is 0 Å². The fraction of sp³-hybridized carbons (Fsp3) is 0.368. The van der Waals surface area contributed by atoms with Crippen LogP contribution in [0.15, 0.2) is 84.4 Å². The first-order valence-corrected chi connectivity index (χ1v) is 16.1. The number of ether oxygens (including phenoxy) is 1. The molecule has 4 amide bonds. The molecule has 1 saturated carbocycles. The zero-order chi connectivity index (χ0) is 33.4. The Kier molecular flexibility index (Phi) is 7.07. The second-order valence-corrected chi connectivity index (χ2v) is 14.2. The monoisotopic (exact) mass is 633 g/mol. The van der Waals surface area contributed by atoms with Crippen LogP contribution in [0.1, 0.15) is 56.2 Å². The summed E-state index contributed by atoms with van der Waals surface area (Å²) in [5, 5.41) is 12.6. The van der Waals surface area contributed by atoms with Gasteiger partial charge in [0.25, 0.3) is 11.8 Å². The van der Waals surface area contributed by atoms with Gasteiger partial charge in [-0.2, -0.15) is 5.01 Å². The van der Waals surface area contributed by atoms with Crippen LogP contribution in [0.25, 0.3) is 0 Å². The van der Waals surface area contributed by atoms with Crippen LogP contribution in [-0.2, 0) is 24.6 Å². The number of methoxy groups -OCH3 is 1. The lowest BCUT2D eigenvalue weighted by atomic mass is 9.49. The maximum atomic E-state index is 15.2. The van der Waals surface area contributed by atoms with Gasteiger partial charge < -0.3 is 9.84 Å². The molecule has 3 aromatic rings. The summed E-state index contributed by atoms with van der Waals surface area (Å²) < 4.78 is 5.59. The van der Waals surface area contributed by atoms with Crippen LogP contribution in [-0.4, -0.2) is 51.3 Å². The van der Waals surface area contributed by atoms with Gasteiger partial charge in [0.15, 0.2) is 0 Å². The predicted molar refractivity (Wildman–Crippen MR) is 175 cm³/mol. The number of aromatic hydroxyl groups is 1. The quantitative estimate of drug-likeness (QED) is 0.282.